The minimum Gasteiger partial charge on any atom is -0.313 e. The van der Waals surface area contributed by atoms with Crippen LogP contribution in [0.4, 0.5) is 0 Å². The molecule has 5 heteroatoms. The summed E-state index contributed by atoms with van der Waals surface area (Å²) in [4.78, 5) is 20.1. The van der Waals surface area contributed by atoms with Gasteiger partial charge in [0.05, 0.1) is 11.7 Å². The topological polar surface area (TPSA) is 46.9 Å². The molecule has 0 unspecified atom stereocenters. The van der Waals surface area contributed by atoms with Crippen molar-refractivity contribution in [1.29, 1.82) is 0 Å². The third kappa shape index (κ3) is 3.78. The van der Waals surface area contributed by atoms with Gasteiger partial charge >= 0.3 is 0 Å². The minimum absolute atomic E-state index is 0.153. The van der Waals surface area contributed by atoms with Crippen LogP contribution in [0.15, 0.2) is 41.5 Å². The second-order valence-corrected chi connectivity index (χ2v) is 9.39. The van der Waals surface area contributed by atoms with Crippen LogP contribution in [0.1, 0.15) is 41.7 Å². The Bertz CT molecular complexity index is 1020. The van der Waals surface area contributed by atoms with Crippen molar-refractivity contribution >= 4 is 21.6 Å². The van der Waals surface area contributed by atoms with Crippen LogP contribution >= 0.6 is 11.3 Å². The summed E-state index contributed by atoms with van der Waals surface area (Å²) in [6.45, 7) is 1.89. The predicted octanol–water partition coefficient (Wildman–Crippen LogP) is 3.95. The van der Waals surface area contributed by atoms with Gasteiger partial charge in [0.2, 0.25) is 0 Å². The summed E-state index contributed by atoms with van der Waals surface area (Å²) in [6, 6.07) is 11.0. The Labute approximate surface area is 169 Å². The predicted molar refractivity (Wildman–Crippen MR) is 115 cm³/mol. The van der Waals surface area contributed by atoms with Gasteiger partial charge in [-0.2, -0.15) is 0 Å². The van der Waals surface area contributed by atoms with Gasteiger partial charge in [0.25, 0.3) is 5.56 Å². The van der Waals surface area contributed by atoms with Crippen LogP contribution in [-0.2, 0) is 25.8 Å². The van der Waals surface area contributed by atoms with Crippen LogP contribution in [0, 0.1) is 5.92 Å². The van der Waals surface area contributed by atoms with Gasteiger partial charge in [-0.25, -0.2) is 4.98 Å². The van der Waals surface area contributed by atoms with E-state index in [0.29, 0.717) is 6.04 Å². The first-order valence-electron chi connectivity index (χ1n) is 10.5. The fourth-order valence-corrected chi connectivity index (χ4v) is 5.55. The van der Waals surface area contributed by atoms with E-state index in [0.717, 1.165) is 61.3 Å². The first-order chi connectivity index (χ1) is 13.8. The molecule has 1 atom stereocenters. The molecule has 146 valence electrons. The fourth-order valence-electron chi connectivity index (χ4n) is 4.29. The van der Waals surface area contributed by atoms with Crippen LogP contribution < -0.4 is 10.9 Å². The van der Waals surface area contributed by atoms with E-state index in [-0.39, 0.29) is 5.56 Å². The molecule has 1 aromatic carbocycles. The highest BCUT2D eigenvalue weighted by Gasteiger charge is 2.27. The molecular weight excluding hydrogens is 366 g/mol. The van der Waals surface area contributed by atoms with Gasteiger partial charge in [-0.3, -0.25) is 9.36 Å². The average Bonchev–Trinajstić information content (AvgIpc) is 3.47. The van der Waals surface area contributed by atoms with Crippen molar-refractivity contribution in [3.63, 3.8) is 0 Å². The third-order valence-corrected chi connectivity index (χ3v) is 7.30. The number of nitrogens with zero attached hydrogens (tertiary/aromatic N) is 2. The molecule has 0 saturated heterocycles. The van der Waals surface area contributed by atoms with Crippen molar-refractivity contribution in [3.8, 4) is 0 Å². The molecule has 2 aromatic heterocycles. The lowest BCUT2D eigenvalue weighted by Gasteiger charge is -2.23. The van der Waals surface area contributed by atoms with Crippen LogP contribution in [0.2, 0.25) is 0 Å². The molecule has 0 amide bonds. The van der Waals surface area contributed by atoms with E-state index in [4.69, 9.17) is 0 Å². The lowest BCUT2D eigenvalue weighted by molar-refractivity contribution is 0.453. The van der Waals surface area contributed by atoms with Gasteiger partial charge in [0.1, 0.15) is 4.83 Å². The zero-order valence-corrected chi connectivity index (χ0v) is 17.0. The molecule has 3 aromatic rings. The molecule has 2 heterocycles. The van der Waals surface area contributed by atoms with E-state index in [2.05, 4.69) is 34.6 Å². The maximum Gasteiger partial charge on any atom is 0.262 e. The number of hydrogen-bond acceptors (Lipinski definition) is 4. The molecule has 1 saturated carbocycles. The molecule has 0 bridgehead atoms. The molecule has 1 fully saturated rings. The van der Waals surface area contributed by atoms with Crippen molar-refractivity contribution in [2.45, 2.75) is 57.5 Å². The van der Waals surface area contributed by atoms with Crippen LogP contribution in [0.25, 0.3) is 10.2 Å². The second-order valence-electron chi connectivity index (χ2n) is 8.31. The second kappa shape index (κ2) is 7.80. The van der Waals surface area contributed by atoms with E-state index >= 15 is 0 Å². The zero-order chi connectivity index (χ0) is 18.9. The summed E-state index contributed by atoms with van der Waals surface area (Å²) in [5, 5.41) is 4.63. The van der Waals surface area contributed by atoms with Crippen molar-refractivity contribution in [2.24, 2.45) is 5.92 Å². The smallest absolute Gasteiger partial charge is 0.262 e. The normalized spacial score (nSPS) is 19.1. The maximum absolute atomic E-state index is 13.1. The lowest BCUT2D eigenvalue weighted by atomic mass is 9.93. The Morgan fingerprint density at radius 3 is 2.86 bits per heavy atom. The number of benzene rings is 1. The largest absolute Gasteiger partial charge is 0.313 e. The molecule has 2 aliphatic carbocycles. The minimum atomic E-state index is 0.153. The number of nitrogens with one attached hydrogen (secondary N) is 1. The number of aryl methyl sites for hydroxylation is 3. The fraction of sp³-hybridized carbons (Fsp3) is 0.478. The van der Waals surface area contributed by atoms with Gasteiger partial charge in [0, 0.05) is 17.5 Å². The summed E-state index contributed by atoms with van der Waals surface area (Å²) in [5.41, 5.74) is 2.75. The molecule has 4 nitrogen and oxygen atoms in total. The highest BCUT2D eigenvalue weighted by atomic mass is 32.1. The van der Waals surface area contributed by atoms with Crippen molar-refractivity contribution in [3.05, 3.63) is 63.0 Å². The zero-order valence-electron chi connectivity index (χ0n) is 16.2. The Hall–Kier alpha value is -1.98. The SMILES string of the molecule is O=c1c2c3c(sc2ncn1CCCc1ccccc1)C[C@@H](NCC1CC1)CC3. The van der Waals surface area contributed by atoms with Gasteiger partial charge in [-0.15, -0.1) is 11.3 Å². The first-order valence-corrected chi connectivity index (χ1v) is 11.4. The third-order valence-electron chi connectivity index (χ3n) is 6.14. The summed E-state index contributed by atoms with van der Waals surface area (Å²) in [7, 11) is 0. The molecule has 2 aliphatic rings. The van der Waals surface area contributed by atoms with E-state index < -0.39 is 0 Å². The van der Waals surface area contributed by atoms with E-state index in [9.17, 15) is 4.79 Å². The molecule has 5 rings (SSSR count). The summed E-state index contributed by atoms with van der Waals surface area (Å²) in [5.74, 6) is 0.911. The first kappa shape index (κ1) is 18.1. The van der Waals surface area contributed by atoms with Gasteiger partial charge in [0.15, 0.2) is 0 Å². The quantitative estimate of drug-likeness (QED) is 0.661. The molecule has 28 heavy (non-hydrogen) atoms. The van der Waals surface area contributed by atoms with Crippen molar-refractivity contribution < 1.29 is 0 Å². The number of thiophene rings is 1. The van der Waals surface area contributed by atoms with Gasteiger partial charge in [-0.1, -0.05) is 30.3 Å². The van der Waals surface area contributed by atoms with Crippen LogP contribution in [0.3, 0.4) is 0 Å². The summed E-state index contributed by atoms with van der Waals surface area (Å²) in [6.07, 6.45) is 9.66. The van der Waals surface area contributed by atoms with E-state index in [1.54, 1.807) is 17.7 Å². The highest BCUT2D eigenvalue weighted by Crippen LogP contribution is 2.34. The Balaban J connectivity index is 1.31. The monoisotopic (exact) mass is 393 g/mol. The number of aromatic nitrogens is 2. The molecule has 1 N–H and O–H groups in total. The van der Waals surface area contributed by atoms with E-state index in [1.807, 2.05) is 10.6 Å². The Kier molecular flexibility index (Phi) is 5.03. The van der Waals surface area contributed by atoms with Crippen molar-refractivity contribution in [1.82, 2.24) is 14.9 Å². The van der Waals surface area contributed by atoms with Crippen LogP contribution in [-0.4, -0.2) is 22.1 Å². The number of fused-ring (bicyclic) bond motifs is 3. The number of hydrogen-bond donors (Lipinski definition) is 1. The Morgan fingerprint density at radius 1 is 1.18 bits per heavy atom. The molecular formula is C23H27N3OS. The highest BCUT2D eigenvalue weighted by molar-refractivity contribution is 7.18. The average molecular weight is 394 g/mol. The maximum atomic E-state index is 13.1. The van der Waals surface area contributed by atoms with Gasteiger partial charge in [-0.05, 0) is 68.5 Å². The molecule has 0 aliphatic heterocycles. The summed E-state index contributed by atoms with van der Waals surface area (Å²) < 4.78 is 1.82. The van der Waals surface area contributed by atoms with Crippen molar-refractivity contribution in [2.75, 3.05) is 6.54 Å². The number of rotatable bonds is 7. The molecule has 0 spiro atoms. The van der Waals surface area contributed by atoms with Crippen LogP contribution in [0.5, 0.6) is 0 Å². The summed E-state index contributed by atoms with van der Waals surface area (Å²) >= 11 is 1.73. The van der Waals surface area contributed by atoms with E-state index in [1.165, 1.54) is 28.8 Å². The lowest BCUT2D eigenvalue weighted by Crippen LogP contribution is -2.35. The Morgan fingerprint density at radius 2 is 2.04 bits per heavy atom. The molecule has 0 radical (unpaired) electrons. The van der Waals surface area contributed by atoms with Gasteiger partial charge < -0.3 is 5.32 Å². The standard InChI is InChI=1S/C23H27N3OS/c27-23-21-19-11-10-18(24-14-17-8-9-17)13-20(19)28-22(21)25-15-26(23)12-4-7-16-5-2-1-3-6-16/h1-3,5-6,15,17-18,24H,4,7-14H2/t18-/m0/s1.